The highest BCUT2D eigenvalue weighted by molar-refractivity contribution is 5.94. The molecule has 1 heterocycles. The van der Waals surface area contributed by atoms with Gasteiger partial charge in [0.25, 0.3) is 11.6 Å². The Bertz CT molecular complexity index is 1020. The molecule has 0 bridgehead atoms. The molecule has 1 atom stereocenters. The molecule has 174 valence electrons. The minimum absolute atomic E-state index is 0.0427. The molecule has 10 heteroatoms. The minimum Gasteiger partial charge on any atom is -0.452 e. The molecule has 0 saturated carbocycles. The van der Waals surface area contributed by atoms with Crippen molar-refractivity contribution < 1.29 is 28.8 Å². The van der Waals surface area contributed by atoms with Crippen LogP contribution in [0, 0.1) is 10.1 Å². The number of ketones is 1. The Kier molecular flexibility index (Phi) is 8.09. The summed E-state index contributed by atoms with van der Waals surface area (Å²) in [7, 11) is 0. The molecule has 3 rings (SSSR count). The van der Waals surface area contributed by atoms with Crippen molar-refractivity contribution in [2.45, 2.75) is 19.4 Å². The van der Waals surface area contributed by atoms with E-state index in [-0.39, 0.29) is 17.0 Å². The predicted molar refractivity (Wildman–Crippen MR) is 119 cm³/mol. The Labute approximate surface area is 190 Å². The number of morpholine rings is 1. The molecule has 1 fully saturated rings. The highest BCUT2D eigenvalue weighted by Gasteiger charge is 2.24. The minimum atomic E-state index is -0.871. The number of nitrogens with one attached hydrogen (secondary N) is 1. The zero-order valence-corrected chi connectivity index (χ0v) is 18.2. The topological polar surface area (TPSA) is 128 Å². The molecule has 1 saturated heterocycles. The second-order valence-corrected chi connectivity index (χ2v) is 7.56. The monoisotopic (exact) mass is 455 g/mol. The van der Waals surface area contributed by atoms with E-state index in [0.717, 1.165) is 11.6 Å². The van der Waals surface area contributed by atoms with Crippen LogP contribution in [0.1, 0.15) is 22.8 Å². The first-order valence-electron chi connectivity index (χ1n) is 10.5. The fraction of sp³-hybridized carbons (Fsp3) is 0.348. The van der Waals surface area contributed by atoms with E-state index in [9.17, 15) is 24.5 Å². The zero-order valence-electron chi connectivity index (χ0n) is 18.2. The van der Waals surface area contributed by atoms with Crippen molar-refractivity contribution in [3.8, 4) is 0 Å². The first-order chi connectivity index (χ1) is 15.8. The summed E-state index contributed by atoms with van der Waals surface area (Å²) in [4.78, 5) is 49.4. The molecular weight excluding hydrogens is 430 g/mol. The number of Topliss-reactive ketones (excluding diaryl/α,β-unsaturated/α-hetero) is 1. The lowest BCUT2D eigenvalue weighted by molar-refractivity contribution is -0.384. The quantitative estimate of drug-likeness (QED) is 0.345. The summed E-state index contributed by atoms with van der Waals surface area (Å²) in [6, 6.07) is 12.5. The van der Waals surface area contributed by atoms with Gasteiger partial charge in [0.1, 0.15) is 5.69 Å². The molecule has 2 aromatic rings. The fourth-order valence-electron chi connectivity index (χ4n) is 3.46. The molecule has 2 aromatic carbocycles. The van der Waals surface area contributed by atoms with Crippen LogP contribution in [-0.2, 0) is 25.5 Å². The van der Waals surface area contributed by atoms with E-state index in [4.69, 9.17) is 9.47 Å². The van der Waals surface area contributed by atoms with Crippen LogP contribution < -0.4 is 10.2 Å². The lowest BCUT2D eigenvalue weighted by atomic mass is 10.0. The van der Waals surface area contributed by atoms with E-state index < -0.39 is 29.4 Å². The molecule has 1 aliphatic heterocycles. The van der Waals surface area contributed by atoms with Gasteiger partial charge in [-0.2, -0.15) is 0 Å². The number of carbonyl (C=O) groups excluding carboxylic acids is 3. The molecule has 0 spiro atoms. The van der Waals surface area contributed by atoms with Crippen molar-refractivity contribution >= 4 is 29.0 Å². The molecule has 0 aliphatic carbocycles. The maximum absolute atomic E-state index is 12.4. The van der Waals surface area contributed by atoms with Crippen LogP contribution in [0.4, 0.5) is 11.4 Å². The summed E-state index contributed by atoms with van der Waals surface area (Å²) in [6.07, 6.45) is 0.311. The Morgan fingerprint density at radius 1 is 1.15 bits per heavy atom. The maximum Gasteiger partial charge on any atom is 0.338 e. The number of anilines is 1. The van der Waals surface area contributed by atoms with E-state index in [0.29, 0.717) is 38.4 Å². The fourth-order valence-corrected chi connectivity index (χ4v) is 3.46. The van der Waals surface area contributed by atoms with Crippen LogP contribution in [0.25, 0.3) is 0 Å². The van der Waals surface area contributed by atoms with E-state index in [2.05, 4.69) is 5.32 Å². The van der Waals surface area contributed by atoms with Crippen LogP contribution in [-0.4, -0.2) is 61.5 Å². The van der Waals surface area contributed by atoms with Crippen LogP contribution in [0.15, 0.2) is 48.5 Å². The Hall–Kier alpha value is -3.79. The first kappa shape index (κ1) is 23.9. The van der Waals surface area contributed by atoms with Crippen LogP contribution in [0.5, 0.6) is 0 Å². The number of ether oxygens (including phenoxy) is 2. The van der Waals surface area contributed by atoms with Gasteiger partial charge in [0.05, 0.1) is 29.7 Å². The number of amides is 1. The van der Waals surface area contributed by atoms with Gasteiger partial charge in [0, 0.05) is 19.2 Å². The number of rotatable bonds is 9. The second-order valence-electron chi connectivity index (χ2n) is 7.56. The normalized spacial score (nSPS) is 14.3. The number of benzene rings is 2. The average molecular weight is 455 g/mol. The van der Waals surface area contributed by atoms with Gasteiger partial charge in [-0.05, 0) is 31.0 Å². The number of hydrogen-bond donors (Lipinski definition) is 1. The number of nitrogens with zero attached hydrogens (tertiary/aromatic N) is 2. The average Bonchev–Trinajstić information content (AvgIpc) is 2.82. The van der Waals surface area contributed by atoms with Gasteiger partial charge in [-0.1, -0.05) is 30.3 Å². The van der Waals surface area contributed by atoms with Gasteiger partial charge >= 0.3 is 5.97 Å². The largest absolute Gasteiger partial charge is 0.452 e. The third-order valence-corrected chi connectivity index (χ3v) is 5.20. The molecule has 10 nitrogen and oxygen atoms in total. The number of carbonyl (C=O) groups is 3. The molecule has 33 heavy (non-hydrogen) atoms. The molecule has 0 radical (unpaired) electrons. The van der Waals surface area contributed by atoms with Gasteiger partial charge in [0.2, 0.25) is 0 Å². The van der Waals surface area contributed by atoms with E-state index in [1.165, 1.54) is 19.1 Å². The zero-order chi connectivity index (χ0) is 23.8. The van der Waals surface area contributed by atoms with Crippen LogP contribution in [0.2, 0.25) is 0 Å². The summed E-state index contributed by atoms with van der Waals surface area (Å²) in [5.41, 5.74) is 1.000. The van der Waals surface area contributed by atoms with Crippen LogP contribution >= 0.6 is 0 Å². The summed E-state index contributed by atoms with van der Waals surface area (Å²) < 4.78 is 10.3. The first-order valence-corrected chi connectivity index (χ1v) is 10.5. The highest BCUT2D eigenvalue weighted by atomic mass is 16.6. The molecule has 0 aromatic heterocycles. The lowest BCUT2D eigenvalue weighted by Crippen LogP contribution is -2.43. The van der Waals surface area contributed by atoms with Crippen LogP contribution in [0.3, 0.4) is 0 Å². The van der Waals surface area contributed by atoms with Gasteiger partial charge in [0.15, 0.2) is 12.4 Å². The Morgan fingerprint density at radius 3 is 2.48 bits per heavy atom. The summed E-state index contributed by atoms with van der Waals surface area (Å²) >= 11 is 0. The third-order valence-electron chi connectivity index (χ3n) is 5.20. The number of esters is 1. The van der Waals surface area contributed by atoms with Gasteiger partial charge in [-0.15, -0.1) is 0 Å². The van der Waals surface area contributed by atoms with Crippen molar-refractivity contribution in [2.75, 3.05) is 37.8 Å². The standard InChI is InChI=1S/C23H25N3O7/c1-16(27)19(13-17-5-3-2-4-6-17)24-22(28)15-33-23(29)18-7-8-20(21(14-18)26(30)31)25-9-11-32-12-10-25/h2-8,14,19H,9-13,15H2,1H3,(H,24,28). The van der Waals surface area contributed by atoms with E-state index in [1.54, 1.807) is 0 Å². The van der Waals surface area contributed by atoms with E-state index in [1.807, 2.05) is 35.2 Å². The van der Waals surface area contributed by atoms with Gasteiger partial charge < -0.3 is 19.7 Å². The van der Waals surface area contributed by atoms with Crippen molar-refractivity contribution in [1.82, 2.24) is 5.32 Å². The lowest BCUT2D eigenvalue weighted by Gasteiger charge is -2.28. The Morgan fingerprint density at radius 2 is 1.85 bits per heavy atom. The molecule has 1 unspecified atom stereocenters. The predicted octanol–water partition coefficient (Wildman–Crippen LogP) is 1.90. The number of hydrogen-bond acceptors (Lipinski definition) is 8. The molecule has 1 aliphatic rings. The summed E-state index contributed by atoms with van der Waals surface area (Å²) in [6.45, 7) is 2.69. The van der Waals surface area contributed by atoms with Gasteiger partial charge in [-0.25, -0.2) is 4.79 Å². The third kappa shape index (κ3) is 6.59. The molecular formula is C23H25N3O7. The highest BCUT2D eigenvalue weighted by Crippen LogP contribution is 2.30. The van der Waals surface area contributed by atoms with Crippen molar-refractivity contribution in [3.63, 3.8) is 0 Å². The summed E-state index contributed by atoms with van der Waals surface area (Å²) in [5, 5.41) is 14.1. The smallest absolute Gasteiger partial charge is 0.338 e. The summed E-state index contributed by atoms with van der Waals surface area (Å²) in [5.74, 6) is -1.74. The SMILES string of the molecule is CC(=O)C(Cc1ccccc1)NC(=O)COC(=O)c1ccc(N2CCOCC2)c([N+](=O)[O-])c1. The van der Waals surface area contributed by atoms with Crippen molar-refractivity contribution in [1.29, 1.82) is 0 Å². The molecule has 1 amide bonds. The van der Waals surface area contributed by atoms with Gasteiger partial charge in [-0.3, -0.25) is 19.7 Å². The van der Waals surface area contributed by atoms with Crippen molar-refractivity contribution in [3.05, 3.63) is 69.8 Å². The van der Waals surface area contributed by atoms with Crippen molar-refractivity contribution in [2.24, 2.45) is 0 Å². The number of nitro groups is 1. The Balaban J connectivity index is 1.61. The maximum atomic E-state index is 12.4. The van der Waals surface area contributed by atoms with E-state index >= 15 is 0 Å². The number of nitro benzene ring substituents is 1. The second kappa shape index (κ2) is 11.2. The molecule has 1 N–H and O–H groups in total.